The van der Waals surface area contributed by atoms with Crippen LogP contribution < -0.4 is 0 Å². The number of ether oxygens (including phenoxy) is 1. The average molecular weight is 266 g/mol. The fraction of sp³-hybridized carbons (Fsp3) is 0.0588. The molecule has 0 radical (unpaired) electrons. The van der Waals surface area contributed by atoms with E-state index in [4.69, 9.17) is 4.74 Å². The monoisotopic (exact) mass is 266 g/mol. The molecular weight excluding hydrogens is 252 g/mol. The smallest absolute Gasteiger partial charge is 0.112 e. The molecule has 1 aromatic heterocycles. The lowest BCUT2D eigenvalue weighted by Gasteiger charge is -1.99. The average Bonchev–Trinajstić information content (AvgIpc) is 2.87. The van der Waals surface area contributed by atoms with Gasteiger partial charge in [0.05, 0.1) is 6.26 Å². The molecule has 0 aliphatic carbocycles. The van der Waals surface area contributed by atoms with Gasteiger partial charge in [0, 0.05) is 9.58 Å². The van der Waals surface area contributed by atoms with Gasteiger partial charge in [0.25, 0.3) is 0 Å². The molecule has 19 heavy (non-hydrogen) atoms. The second-order valence-electron chi connectivity index (χ2n) is 4.29. The molecule has 94 valence electrons. The lowest BCUT2D eigenvalue weighted by Crippen LogP contribution is -1.84. The highest BCUT2D eigenvalue weighted by molar-refractivity contribution is 7.19. The molecule has 2 heteroatoms. The summed E-state index contributed by atoms with van der Waals surface area (Å²) in [5.41, 5.74) is 1.18. The number of rotatable bonds is 4. The van der Waals surface area contributed by atoms with Crippen LogP contribution in [-0.2, 0) is 11.3 Å². The van der Waals surface area contributed by atoms with Crippen molar-refractivity contribution in [2.75, 3.05) is 0 Å². The van der Waals surface area contributed by atoms with Crippen molar-refractivity contribution in [1.82, 2.24) is 0 Å². The Morgan fingerprint density at radius 3 is 2.58 bits per heavy atom. The van der Waals surface area contributed by atoms with Crippen molar-refractivity contribution in [2.24, 2.45) is 0 Å². The first-order chi connectivity index (χ1) is 9.42. The molecule has 2 aromatic carbocycles. The van der Waals surface area contributed by atoms with Crippen LogP contribution in [0.3, 0.4) is 0 Å². The summed E-state index contributed by atoms with van der Waals surface area (Å²) in [4.78, 5) is 1.22. The second-order valence-corrected chi connectivity index (χ2v) is 5.40. The Balaban J connectivity index is 1.63. The van der Waals surface area contributed by atoms with E-state index in [1.807, 2.05) is 24.3 Å². The third kappa shape index (κ3) is 3.04. The minimum Gasteiger partial charge on any atom is -0.496 e. The van der Waals surface area contributed by atoms with Crippen LogP contribution in [0.2, 0.25) is 0 Å². The SMILES string of the molecule is C(=C\c1cc2ccccc2s1)/OCc1ccccc1. The van der Waals surface area contributed by atoms with Crippen molar-refractivity contribution in [2.45, 2.75) is 6.61 Å². The number of thiophene rings is 1. The van der Waals surface area contributed by atoms with Crippen LogP contribution >= 0.6 is 11.3 Å². The Hall–Kier alpha value is -2.06. The molecule has 0 saturated heterocycles. The van der Waals surface area contributed by atoms with Gasteiger partial charge in [0.2, 0.25) is 0 Å². The van der Waals surface area contributed by atoms with Gasteiger partial charge < -0.3 is 4.74 Å². The Morgan fingerprint density at radius 2 is 1.74 bits per heavy atom. The van der Waals surface area contributed by atoms with Crippen molar-refractivity contribution in [3.05, 3.63) is 77.4 Å². The zero-order chi connectivity index (χ0) is 12.9. The zero-order valence-corrected chi connectivity index (χ0v) is 11.3. The van der Waals surface area contributed by atoms with Crippen molar-refractivity contribution in [1.29, 1.82) is 0 Å². The predicted molar refractivity (Wildman–Crippen MR) is 82.1 cm³/mol. The topological polar surface area (TPSA) is 9.23 Å². The summed E-state index contributed by atoms with van der Waals surface area (Å²) in [6.45, 7) is 0.613. The van der Waals surface area contributed by atoms with Crippen molar-refractivity contribution in [3.8, 4) is 0 Å². The Labute approximate surface area is 116 Å². The van der Waals surface area contributed by atoms with Crippen LogP contribution in [0, 0.1) is 0 Å². The fourth-order valence-electron chi connectivity index (χ4n) is 1.92. The maximum atomic E-state index is 5.55. The molecule has 1 nitrogen and oxygen atoms in total. The van der Waals surface area contributed by atoms with Gasteiger partial charge in [-0.05, 0) is 29.2 Å². The first-order valence-corrected chi connectivity index (χ1v) is 7.04. The zero-order valence-electron chi connectivity index (χ0n) is 10.5. The summed E-state index contributed by atoms with van der Waals surface area (Å²) in [5.74, 6) is 0. The normalized spacial score (nSPS) is 11.2. The van der Waals surface area contributed by atoms with Crippen LogP contribution in [0.1, 0.15) is 10.4 Å². The van der Waals surface area contributed by atoms with Crippen molar-refractivity contribution in [3.63, 3.8) is 0 Å². The quantitative estimate of drug-likeness (QED) is 0.598. The molecule has 3 rings (SSSR count). The summed E-state index contributed by atoms with van der Waals surface area (Å²) >= 11 is 1.78. The van der Waals surface area contributed by atoms with E-state index in [-0.39, 0.29) is 0 Å². The number of fused-ring (bicyclic) bond motifs is 1. The van der Waals surface area contributed by atoms with E-state index < -0.39 is 0 Å². The maximum absolute atomic E-state index is 5.55. The third-order valence-electron chi connectivity index (χ3n) is 2.87. The minimum atomic E-state index is 0.613. The molecule has 0 amide bonds. The van der Waals surface area contributed by atoms with Gasteiger partial charge in [-0.15, -0.1) is 11.3 Å². The molecule has 0 aliphatic heterocycles. The standard InChI is InChI=1S/C17H14OS/c1-2-6-14(7-3-1)13-18-11-10-16-12-15-8-4-5-9-17(15)19-16/h1-12H,13H2/b11-10+. The molecule has 0 bridgehead atoms. The van der Waals surface area contributed by atoms with Crippen LogP contribution in [0.15, 0.2) is 66.9 Å². The first-order valence-electron chi connectivity index (χ1n) is 6.22. The Bertz CT molecular complexity index is 650. The summed E-state index contributed by atoms with van der Waals surface area (Å²) in [6, 6.07) is 20.8. The van der Waals surface area contributed by atoms with Gasteiger partial charge in [-0.3, -0.25) is 0 Å². The molecule has 0 N–H and O–H groups in total. The molecule has 0 saturated carbocycles. The summed E-state index contributed by atoms with van der Waals surface area (Å²) in [6.07, 6.45) is 3.80. The molecule has 0 atom stereocenters. The summed E-state index contributed by atoms with van der Waals surface area (Å²) < 4.78 is 6.86. The fourth-order valence-corrected chi connectivity index (χ4v) is 2.87. The largest absolute Gasteiger partial charge is 0.496 e. The van der Waals surface area contributed by atoms with E-state index >= 15 is 0 Å². The van der Waals surface area contributed by atoms with Crippen LogP contribution in [0.25, 0.3) is 16.2 Å². The second kappa shape index (κ2) is 5.72. The molecule has 3 aromatic rings. The van der Waals surface area contributed by atoms with E-state index in [1.54, 1.807) is 17.6 Å². The third-order valence-corrected chi connectivity index (χ3v) is 3.95. The molecule has 0 fully saturated rings. The Morgan fingerprint density at radius 1 is 0.947 bits per heavy atom. The van der Waals surface area contributed by atoms with E-state index in [1.165, 1.54) is 20.5 Å². The molecule has 1 heterocycles. The lowest BCUT2D eigenvalue weighted by molar-refractivity contribution is 0.239. The highest BCUT2D eigenvalue weighted by Crippen LogP contribution is 2.26. The minimum absolute atomic E-state index is 0.613. The molecule has 0 spiro atoms. The molecule has 0 unspecified atom stereocenters. The van der Waals surface area contributed by atoms with Gasteiger partial charge >= 0.3 is 0 Å². The van der Waals surface area contributed by atoms with E-state index in [9.17, 15) is 0 Å². The number of hydrogen-bond donors (Lipinski definition) is 0. The maximum Gasteiger partial charge on any atom is 0.112 e. The predicted octanol–water partition coefficient (Wildman–Crippen LogP) is 5.09. The van der Waals surface area contributed by atoms with E-state index in [0.717, 1.165) is 0 Å². The van der Waals surface area contributed by atoms with E-state index in [0.29, 0.717) is 6.61 Å². The van der Waals surface area contributed by atoms with Crippen molar-refractivity contribution >= 4 is 27.5 Å². The van der Waals surface area contributed by atoms with Crippen LogP contribution in [0.4, 0.5) is 0 Å². The van der Waals surface area contributed by atoms with Crippen molar-refractivity contribution < 1.29 is 4.74 Å². The van der Waals surface area contributed by atoms with Gasteiger partial charge in [-0.1, -0.05) is 48.5 Å². The molecule has 0 aliphatic rings. The van der Waals surface area contributed by atoms with Gasteiger partial charge in [0.1, 0.15) is 6.61 Å². The Kier molecular flexibility index (Phi) is 3.61. The number of hydrogen-bond acceptors (Lipinski definition) is 2. The summed E-state index contributed by atoms with van der Waals surface area (Å²) in [7, 11) is 0. The van der Waals surface area contributed by atoms with Crippen LogP contribution in [0.5, 0.6) is 0 Å². The van der Waals surface area contributed by atoms with Gasteiger partial charge in [-0.25, -0.2) is 0 Å². The first kappa shape index (κ1) is 12.0. The molecular formula is C17H14OS. The van der Waals surface area contributed by atoms with E-state index in [2.05, 4.69) is 42.5 Å². The summed E-state index contributed by atoms with van der Waals surface area (Å²) in [5, 5.41) is 1.29. The van der Waals surface area contributed by atoms with Crippen LogP contribution in [-0.4, -0.2) is 0 Å². The lowest BCUT2D eigenvalue weighted by atomic mass is 10.2. The van der Waals surface area contributed by atoms with Gasteiger partial charge in [0.15, 0.2) is 0 Å². The highest BCUT2D eigenvalue weighted by Gasteiger charge is 1.97. The highest BCUT2D eigenvalue weighted by atomic mass is 32.1. The van der Waals surface area contributed by atoms with Gasteiger partial charge in [-0.2, -0.15) is 0 Å². The number of benzene rings is 2.